The molecule has 0 saturated carbocycles. The predicted octanol–water partition coefficient (Wildman–Crippen LogP) is 2.54. The molecule has 1 heterocycles. The number of aromatic nitrogens is 2. The van der Waals surface area contributed by atoms with Crippen molar-refractivity contribution in [1.29, 1.82) is 0 Å². The van der Waals surface area contributed by atoms with Crippen LogP contribution in [0.25, 0.3) is 0 Å². The van der Waals surface area contributed by atoms with Gasteiger partial charge >= 0.3 is 0 Å². The lowest BCUT2D eigenvalue weighted by molar-refractivity contribution is 0.0950. The highest BCUT2D eigenvalue weighted by Crippen LogP contribution is 2.20. The Hall–Kier alpha value is -2.50. The molecule has 1 aromatic heterocycles. The van der Waals surface area contributed by atoms with Gasteiger partial charge in [0.1, 0.15) is 11.6 Å². The van der Waals surface area contributed by atoms with Crippen LogP contribution in [0.3, 0.4) is 0 Å². The summed E-state index contributed by atoms with van der Waals surface area (Å²) in [6, 6.07) is 9.52. The van der Waals surface area contributed by atoms with Crippen LogP contribution in [0, 0.1) is 5.82 Å². The third-order valence-electron chi connectivity index (χ3n) is 2.97. The smallest absolute Gasteiger partial charge is 0.271 e. The molecule has 2 aromatic rings. The quantitative estimate of drug-likeness (QED) is 0.887. The van der Waals surface area contributed by atoms with Crippen LogP contribution in [0.4, 0.5) is 10.2 Å². The van der Waals surface area contributed by atoms with Crippen molar-refractivity contribution >= 4 is 11.7 Å². The highest BCUT2D eigenvalue weighted by atomic mass is 19.1. The molecule has 0 aliphatic heterocycles. The number of anilines is 1. The van der Waals surface area contributed by atoms with Crippen LogP contribution in [-0.4, -0.2) is 22.6 Å². The number of hydrogen-bond acceptors (Lipinski definition) is 4. The van der Waals surface area contributed by atoms with Gasteiger partial charge in [0.25, 0.3) is 5.91 Å². The summed E-state index contributed by atoms with van der Waals surface area (Å²) < 4.78 is 13.7. The first-order valence-electron chi connectivity index (χ1n) is 6.74. The molecular weight excluding hydrogens is 271 g/mol. The highest BCUT2D eigenvalue weighted by molar-refractivity contribution is 5.92. The maximum Gasteiger partial charge on any atom is 0.271 e. The zero-order valence-corrected chi connectivity index (χ0v) is 11.9. The van der Waals surface area contributed by atoms with E-state index in [1.807, 2.05) is 13.8 Å². The van der Waals surface area contributed by atoms with E-state index in [2.05, 4.69) is 20.8 Å². The molecule has 2 rings (SSSR count). The van der Waals surface area contributed by atoms with Gasteiger partial charge in [-0.1, -0.05) is 18.2 Å². The number of hydrogen-bond donors (Lipinski definition) is 2. The van der Waals surface area contributed by atoms with Crippen molar-refractivity contribution < 1.29 is 9.18 Å². The molecule has 0 bridgehead atoms. The Morgan fingerprint density at radius 2 is 2.00 bits per heavy atom. The zero-order chi connectivity index (χ0) is 15.2. The zero-order valence-electron chi connectivity index (χ0n) is 11.9. The first kappa shape index (κ1) is 14.9. The molecule has 0 spiro atoms. The molecule has 0 saturated heterocycles. The molecular formula is C15H17FN4O. The molecule has 5 nitrogen and oxygen atoms in total. The fourth-order valence-corrected chi connectivity index (χ4v) is 1.91. The molecule has 110 valence electrons. The van der Waals surface area contributed by atoms with Crippen molar-refractivity contribution in [3.63, 3.8) is 0 Å². The maximum absolute atomic E-state index is 13.7. The second-order valence-corrected chi connectivity index (χ2v) is 4.55. The summed E-state index contributed by atoms with van der Waals surface area (Å²) in [5, 5.41) is 13.5. The van der Waals surface area contributed by atoms with Crippen LogP contribution in [-0.2, 0) is 0 Å². The van der Waals surface area contributed by atoms with Crippen molar-refractivity contribution in [3.05, 3.63) is 53.5 Å². The van der Waals surface area contributed by atoms with Crippen molar-refractivity contribution in [2.75, 3.05) is 11.9 Å². The lowest BCUT2D eigenvalue weighted by atomic mass is 10.1. The second kappa shape index (κ2) is 6.78. The van der Waals surface area contributed by atoms with Crippen LogP contribution >= 0.6 is 0 Å². The van der Waals surface area contributed by atoms with Crippen molar-refractivity contribution in [2.45, 2.75) is 19.9 Å². The molecule has 1 aromatic carbocycles. The van der Waals surface area contributed by atoms with E-state index in [1.54, 1.807) is 30.3 Å². The van der Waals surface area contributed by atoms with Crippen LogP contribution in [0.1, 0.15) is 35.9 Å². The molecule has 2 N–H and O–H groups in total. The number of nitrogens with zero attached hydrogens (tertiary/aromatic N) is 2. The summed E-state index contributed by atoms with van der Waals surface area (Å²) in [5.74, 6) is -0.0538. The van der Waals surface area contributed by atoms with Crippen molar-refractivity contribution in [3.8, 4) is 0 Å². The van der Waals surface area contributed by atoms with Crippen LogP contribution in [0.15, 0.2) is 36.4 Å². The molecule has 0 aliphatic carbocycles. The van der Waals surface area contributed by atoms with Crippen LogP contribution in [0.2, 0.25) is 0 Å². The number of nitrogens with one attached hydrogen (secondary N) is 2. The summed E-state index contributed by atoms with van der Waals surface area (Å²) in [4.78, 5) is 11.6. The second-order valence-electron chi connectivity index (χ2n) is 4.55. The molecule has 0 aliphatic rings. The summed E-state index contributed by atoms with van der Waals surface area (Å²) in [5.41, 5.74) is 0.799. The molecule has 0 fully saturated rings. The highest BCUT2D eigenvalue weighted by Gasteiger charge is 2.12. The van der Waals surface area contributed by atoms with E-state index in [-0.39, 0.29) is 23.5 Å². The summed E-state index contributed by atoms with van der Waals surface area (Å²) in [6.45, 7) is 4.19. The topological polar surface area (TPSA) is 66.9 Å². The summed E-state index contributed by atoms with van der Waals surface area (Å²) >= 11 is 0. The largest absolute Gasteiger partial charge is 0.362 e. The number of halogens is 1. The van der Waals surface area contributed by atoms with Gasteiger partial charge in [0.2, 0.25) is 0 Å². The molecule has 1 amide bonds. The van der Waals surface area contributed by atoms with Gasteiger partial charge < -0.3 is 10.6 Å². The van der Waals surface area contributed by atoms with E-state index in [0.717, 1.165) is 0 Å². The molecule has 1 unspecified atom stereocenters. The molecule has 21 heavy (non-hydrogen) atoms. The molecule has 1 atom stereocenters. The van der Waals surface area contributed by atoms with E-state index in [1.165, 1.54) is 6.07 Å². The van der Waals surface area contributed by atoms with E-state index in [4.69, 9.17) is 0 Å². The number of rotatable bonds is 5. The number of amides is 1. The average molecular weight is 288 g/mol. The Morgan fingerprint density at radius 3 is 2.62 bits per heavy atom. The van der Waals surface area contributed by atoms with Crippen LogP contribution in [0.5, 0.6) is 0 Å². The predicted molar refractivity (Wildman–Crippen MR) is 78.5 cm³/mol. The van der Waals surface area contributed by atoms with Gasteiger partial charge in [-0.2, -0.15) is 0 Å². The first-order valence-corrected chi connectivity index (χ1v) is 6.74. The van der Waals surface area contributed by atoms with Gasteiger partial charge in [-0.25, -0.2) is 4.39 Å². The third kappa shape index (κ3) is 3.75. The minimum Gasteiger partial charge on any atom is -0.362 e. The fraction of sp³-hybridized carbons (Fsp3) is 0.267. The van der Waals surface area contributed by atoms with Gasteiger partial charge in [0.15, 0.2) is 5.69 Å². The number of carbonyl (C=O) groups excluding carboxylic acids is 1. The molecule has 6 heteroatoms. The van der Waals surface area contributed by atoms with E-state index in [0.29, 0.717) is 17.9 Å². The fourth-order valence-electron chi connectivity index (χ4n) is 1.91. The first-order chi connectivity index (χ1) is 10.1. The van der Waals surface area contributed by atoms with Crippen molar-refractivity contribution in [1.82, 2.24) is 15.5 Å². The Labute approximate surface area is 122 Å². The Bertz CT molecular complexity index is 615. The van der Waals surface area contributed by atoms with Crippen LogP contribution < -0.4 is 10.6 Å². The van der Waals surface area contributed by atoms with Gasteiger partial charge in [-0.05, 0) is 32.0 Å². The van der Waals surface area contributed by atoms with Gasteiger partial charge in [-0.15, -0.1) is 10.2 Å². The van der Waals surface area contributed by atoms with Crippen molar-refractivity contribution in [2.24, 2.45) is 0 Å². The minimum atomic E-state index is -0.274. The minimum absolute atomic E-state index is 0.251. The summed E-state index contributed by atoms with van der Waals surface area (Å²) in [7, 11) is 0. The average Bonchev–Trinajstić information content (AvgIpc) is 2.48. The van der Waals surface area contributed by atoms with E-state index in [9.17, 15) is 9.18 Å². The normalized spacial score (nSPS) is 11.8. The molecule has 0 radical (unpaired) electrons. The SMILES string of the molecule is CCNC(=O)c1ccc(NC(C)c2ccccc2F)nn1. The summed E-state index contributed by atoms with van der Waals surface area (Å²) in [6.07, 6.45) is 0. The van der Waals surface area contributed by atoms with Gasteiger partial charge in [-0.3, -0.25) is 4.79 Å². The number of carbonyl (C=O) groups is 1. The van der Waals surface area contributed by atoms with Gasteiger partial charge in [0.05, 0.1) is 6.04 Å². The Kier molecular flexibility index (Phi) is 4.81. The Balaban J connectivity index is 2.07. The standard InChI is InChI=1S/C15H17FN4O/c1-3-17-15(21)13-8-9-14(20-19-13)18-10(2)11-6-4-5-7-12(11)16/h4-10H,3H2,1-2H3,(H,17,21)(H,18,20). The van der Waals surface area contributed by atoms with E-state index < -0.39 is 0 Å². The number of benzene rings is 1. The monoisotopic (exact) mass is 288 g/mol. The van der Waals surface area contributed by atoms with E-state index >= 15 is 0 Å². The lowest BCUT2D eigenvalue weighted by Crippen LogP contribution is -2.24. The lowest BCUT2D eigenvalue weighted by Gasteiger charge is -2.15. The maximum atomic E-state index is 13.7. The third-order valence-corrected chi connectivity index (χ3v) is 2.97. The Morgan fingerprint density at radius 1 is 1.24 bits per heavy atom. The van der Waals surface area contributed by atoms with Gasteiger partial charge in [0, 0.05) is 12.1 Å².